The molecule has 0 saturated carbocycles. The molecule has 0 amide bonds. The van der Waals surface area contributed by atoms with Crippen molar-refractivity contribution in [3.05, 3.63) is 35.4 Å². The van der Waals surface area contributed by atoms with Gasteiger partial charge in [-0.2, -0.15) is 4.31 Å². The molecule has 1 heterocycles. The minimum atomic E-state index is -3.35. The highest BCUT2D eigenvalue weighted by molar-refractivity contribution is 14.0. The summed E-state index contributed by atoms with van der Waals surface area (Å²) < 4.78 is 32.2. The molecule has 7 nitrogen and oxygen atoms in total. The molecule has 0 aliphatic carbocycles. The summed E-state index contributed by atoms with van der Waals surface area (Å²) in [6.07, 6.45) is 0. The minimum Gasteiger partial charge on any atom is -0.379 e. The number of nitrogens with zero attached hydrogens (tertiary/aromatic N) is 2. The molecule has 0 unspecified atom stereocenters. The third-order valence-corrected chi connectivity index (χ3v) is 5.82. The Morgan fingerprint density at radius 3 is 2.44 bits per heavy atom. The van der Waals surface area contributed by atoms with Crippen LogP contribution in [0.15, 0.2) is 29.3 Å². The molecule has 1 aliphatic heterocycles. The lowest BCUT2D eigenvalue weighted by atomic mass is 10.1. The predicted molar refractivity (Wildman–Crippen MR) is 120 cm³/mol. The summed E-state index contributed by atoms with van der Waals surface area (Å²) in [6, 6.07) is 7.86. The molecule has 27 heavy (non-hydrogen) atoms. The van der Waals surface area contributed by atoms with Crippen molar-refractivity contribution in [3.63, 3.8) is 0 Å². The van der Waals surface area contributed by atoms with E-state index in [1.165, 1.54) is 4.31 Å². The summed E-state index contributed by atoms with van der Waals surface area (Å²) in [7, 11) is -3.35. The Morgan fingerprint density at radius 2 is 1.85 bits per heavy atom. The molecule has 9 heteroatoms. The molecule has 0 aromatic heterocycles. The maximum absolute atomic E-state index is 12.7. The second-order valence-corrected chi connectivity index (χ2v) is 8.50. The Labute approximate surface area is 180 Å². The SMILES string of the molecule is CCNC(=NCc1ccccc1CS(=O)(=O)N1CCOCC1)NC(C)C.I. The first-order chi connectivity index (χ1) is 12.4. The van der Waals surface area contributed by atoms with Gasteiger partial charge in [-0.05, 0) is 31.9 Å². The van der Waals surface area contributed by atoms with Crippen LogP contribution >= 0.6 is 24.0 Å². The lowest BCUT2D eigenvalue weighted by molar-refractivity contribution is 0.0729. The lowest BCUT2D eigenvalue weighted by Crippen LogP contribution is -2.41. The van der Waals surface area contributed by atoms with Crippen LogP contribution in [0.1, 0.15) is 31.9 Å². The molecule has 0 atom stereocenters. The van der Waals surface area contributed by atoms with Gasteiger partial charge in [-0.3, -0.25) is 0 Å². The van der Waals surface area contributed by atoms with Gasteiger partial charge in [0.05, 0.1) is 25.5 Å². The van der Waals surface area contributed by atoms with E-state index in [2.05, 4.69) is 29.5 Å². The molecule has 1 aromatic carbocycles. The van der Waals surface area contributed by atoms with Gasteiger partial charge in [-0.25, -0.2) is 13.4 Å². The summed E-state index contributed by atoms with van der Waals surface area (Å²) in [5.74, 6) is 0.723. The quantitative estimate of drug-likeness (QED) is 0.333. The molecule has 1 saturated heterocycles. The summed E-state index contributed by atoms with van der Waals surface area (Å²) in [5, 5.41) is 6.47. The van der Waals surface area contributed by atoms with Crippen LogP contribution in [0.2, 0.25) is 0 Å². The van der Waals surface area contributed by atoms with Crippen molar-refractivity contribution in [2.45, 2.75) is 39.1 Å². The fraction of sp³-hybridized carbons (Fsp3) is 0.611. The van der Waals surface area contributed by atoms with E-state index in [1.807, 2.05) is 31.2 Å². The highest BCUT2D eigenvalue weighted by Crippen LogP contribution is 2.17. The van der Waals surface area contributed by atoms with Crippen molar-refractivity contribution in [1.82, 2.24) is 14.9 Å². The number of morpholine rings is 1. The number of hydrogen-bond donors (Lipinski definition) is 2. The van der Waals surface area contributed by atoms with Crippen molar-refractivity contribution < 1.29 is 13.2 Å². The van der Waals surface area contributed by atoms with Crippen LogP contribution in [0, 0.1) is 0 Å². The van der Waals surface area contributed by atoms with Crippen LogP contribution in [0.4, 0.5) is 0 Å². The van der Waals surface area contributed by atoms with Crippen molar-refractivity contribution in [2.24, 2.45) is 4.99 Å². The van der Waals surface area contributed by atoms with Gasteiger partial charge in [0.15, 0.2) is 5.96 Å². The van der Waals surface area contributed by atoms with E-state index in [0.717, 1.165) is 23.6 Å². The van der Waals surface area contributed by atoms with Gasteiger partial charge in [0.25, 0.3) is 0 Å². The largest absolute Gasteiger partial charge is 0.379 e. The van der Waals surface area contributed by atoms with Gasteiger partial charge >= 0.3 is 0 Å². The number of nitrogens with one attached hydrogen (secondary N) is 2. The van der Waals surface area contributed by atoms with Crippen LogP contribution in [-0.4, -0.2) is 57.6 Å². The Kier molecular flexibility index (Phi) is 10.6. The predicted octanol–water partition coefficient (Wildman–Crippen LogP) is 1.93. The third-order valence-electron chi connectivity index (χ3n) is 4.00. The van der Waals surface area contributed by atoms with E-state index < -0.39 is 10.0 Å². The smallest absolute Gasteiger partial charge is 0.218 e. The average molecular weight is 510 g/mol. The summed E-state index contributed by atoms with van der Waals surface area (Å²) in [6.45, 7) is 9.07. The number of sulfonamides is 1. The van der Waals surface area contributed by atoms with Crippen LogP contribution in [0.3, 0.4) is 0 Å². The molecule has 0 bridgehead atoms. The van der Waals surface area contributed by atoms with Crippen LogP contribution in [0.25, 0.3) is 0 Å². The molecule has 1 aliphatic rings. The molecule has 2 N–H and O–H groups in total. The topological polar surface area (TPSA) is 83.0 Å². The summed E-state index contributed by atoms with van der Waals surface area (Å²) in [5.41, 5.74) is 1.72. The first-order valence-electron chi connectivity index (χ1n) is 9.09. The third kappa shape index (κ3) is 7.92. The molecule has 1 aromatic rings. The van der Waals surface area contributed by atoms with E-state index in [1.54, 1.807) is 0 Å². The number of halogens is 1. The molecule has 154 valence electrons. The maximum Gasteiger partial charge on any atom is 0.218 e. The number of rotatable bonds is 7. The second-order valence-electron chi connectivity index (χ2n) is 6.53. The van der Waals surface area contributed by atoms with Crippen LogP contribution in [0.5, 0.6) is 0 Å². The minimum absolute atomic E-state index is 0. The Balaban J connectivity index is 0.00000364. The van der Waals surface area contributed by atoms with E-state index in [-0.39, 0.29) is 35.8 Å². The molecule has 0 radical (unpaired) electrons. The van der Waals surface area contributed by atoms with Gasteiger partial charge in [0.2, 0.25) is 10.0 Å². The van der Waals surface area contributed by atoms with E-state index in [9.17, 15) is 8.42 Å². The van der Waals surface area contributed by atoms with Gasteiger partial charge < -0.3 is 15.4 Å². The summed E-state index contributed by atoms with van der Waals surface area (Å²) in [4.78, 5) is 4.59. The number of hydrogen-bond acceptors (Lipinski definition) is 4. The average Bonchev–Trinajstić information content (AvgIpc) is 2.61. The van der Waals surface area contributed by atoms with Crippen molar-refractivity contribution >= 4 is 40.0 Å². The lowest BCUT2D eigenvalue weighted by Gasteiger charge is -2.26. The molecule has 2 rings (SSSR count). The van der Waals surface area contributed by atoms with Gasteiger partial charge in [-0.1, -0.05) is 24.3 Å². The molecule has 1 fully saturated rings. The highest BCUT2D eigenvalue weighted by atomic mass is 127. The molecular weight excluding hydrogens is 479 g/mol. The Bertz CT molecular complexity index is 704. The highest BCUT2D eigenvalue weighted by Gasteiger charge is 2.25. The van der Waals surface area contributed by atoms with Crippen molar-refractivity contribution in [1.29, 1.82) is 0 Å². The van der Waals surface area contributed by atoms with Gasteiger partial charge in [-0.15, -0.1) is 24.0 Å². The van der Waals surface area contributed by atoms with Crippen LogP contribution < -0.4 is 10.6 Å². The normalized spacial score (nSPS) is 16.1. The number of ether oxygens (including phenoxy) is 1. The zero-order valence-electron chi connectivity index (χ0n) is 16.3. The summed E-state index contributed by atoms with van der Waals surface area (Å²) >= 11 is 0. The Hall–Kier alpha value is -0.910. The maximum atomic E-state index is 12.7. The van der Waals surface area contributed by atoms with E-state index in [4.69, 9.17) is 4.74 Å². The zero-order valence-corrected chi connectivity index (χ0v) is 19.4. The fourth-order valence-electron chi connectivity index (χ4n) is 2.72. The van der Waals surface area contributed by atoms with Gasteiger partial charge in [0.1, 0.15) is 0 Å². The standard InChI is InChI=1S/C18H30N4O3S.HI/c1-4-19-18(21-15(2)3)20-13-16-7-5-6-8-17(16)14-26(23,24)22-9-11-25-12-10-22;/h5-8,15H,4,9-14H2,1-3H3,(H2,19,20,21);1H. The van der Waals surface area contributed by atoms with Crippen molar-refractivity contribution in [2.75, 3.05) is 32.8 Å². The van der Waals surface area contributed by atoms with E-state index in [0.29, 0.717) is 32.8 Å². The second kappa shape index (κ2) is 11.8. The Morgan fingerprint density at radius 1 is 1.22 bits per heavy atom. The first-order valence-corrected chi connectivity index (χ1v) is 10.7. The van der Waals surface area contributed by atoms with E-state index >= 15 is 0 Å². The molecule has 0 spiro atoms. The first kappa shape index (κ1) is 24.1. The zero-order chi connectivity index (χ0) is 19.0. The molecular formula is C18H31IN4O3S. The number of aliphatic imine (C=N–C) groups is 1. The van der Waals surface area contributed by atoms with Gasteiger partial charge in [0, 0.05) is 25.7 Å². The van der Waals surface area contributed by atoms with Crippen LogP contribution in [-0.2, 0) is 27.1 Å². The monoisotopic (exact) mass is 510 g/mol. The number of benzene rings is 1. The fourth-order valence-corrected chi connectivity index (χ4v) is 4.29. The number of guanidine groups is 1. The van der Waals surface area contributed by atoms with Crippen molar-refractivity contribution in [3.8, 4) is 0 Å².